The normalized spacial score (nSPS) is 11.2. The van der Waals surface area contributed by atoms with E-state index >= 15 is 0 Å². The Hall–Kier alpha value is -1.09. The maximum absolute atomic E-state index is 10.6. The Balaban J connectivity index is 3.20. The van der Waals surface area contributed by atoms with Gasteiger partial charge in [-0.3, -0.25) is 14.7 Å². The van der Waals surface area contributed by atoms with E-state index in [4.69, 9.17) is 28.4 Å². The molecular weight excluding hydrogens is 290 g/mol. The Morgan fingerprint density at radius 2 is 2.12 bits per heavy atom. The minimum Gasteiger partial charge on any atom is -0.285 e. The molecule has 0 aromatic heterocycles. The molecule has 0 saturated carbocycles. The lowest BCUT2D eigenvalue weighted by Gasteiger charge is -2.04. The molecule has 9 heteroatoms. The average Bonchev–Trinajstić information content (AvgIpc) is 2.14. The van der Waals surface area contributed by atoms with Crippen molar-refractivity contribution in [2.75, 3.05) is 5.75 Å². The van der Waals surface area contributed by atoms with E-state index in [0.717, 1.165) is 0 Å². The smallest absolute Gasteiger partial charge is 0.285 e. The predicted molar refractivity (Wildman–Crippen MR) is 66.2 cm³/mol. The first-order valence-corrected chi connectivity index (χ1v) is 6.53. The third kappa shape index (κ3) is 3.70. The van der Waals surface area contributed by atoms with Crippen molar-refractivity contribution in [3.05, 3.63) is 38.9 Å². The van der Waals surface area contributed by atoms with Gasteiger partial charge in [-0.05, 0) is 0 Å². The number of nitrogens with zero attached hydrogens (tertiary/aromatic N) is 1. The number of rotatable bonds is 4. The van der Waals surface area contributed by atoms with Gasteiger partial charge in [0.1, 0.15) is 10.8 Å². The fourth-order valence-electron chi connectivity index (χ4n) is 1.12. The van der Waals surface area contributed by atoms with Crippen molar-refractivity contribution in [3.8, 4) is 0 Å². The molecule has 0 spiro atoms. The Labute approximate surface area is 107 Å². The monoisotopic (exact) mass is 295 g/mol. The predicted octanol–water partition coefficient (Wildman–Crippen LogP) is 1.85. The molecule has 0 bridgehead atoms. The Morgan fingerprint density at radius 3 is 2.59 bits per heavy atom. The highest BCUT2D eigenvalue weighted by atomic mass is 35.5. The number of hydrogen-bond donors (Lipinski definition) is 1. The molecule has 0 saturated heterocycles. The summed E-state index contributed by atoms with van der Waals surface area (Å²) in [6.45, 7) is 0. The maximum atomic E-state index is 10.6. The average molecular weight is 296 g/mol. The summed E-state index contributed by atoms with van der Waals surface area (Å²) in [5.74, 6) is -0.802. The summed E-state index contributed by atoms with van der Waals surface area (Å²) < 4.78 is 29.9. The summed E-state index contributed by atoms with van der Waals surface area (Å²) in [4.78, 5) is 9.71. The summed E-state index contributed by atoms with van der Waals surface area (Å²) >= 11 is 10.5. The van der Waals surface area contributed by atoms with Gasteiger partial charge in [-0.25, -0.2) is 0 Å². The molecule has 6 nitrogen and oxygen atoms in total. The Kier molecular flexibility index (Phi) is 4.15. The summed E-state index contributed by atoms with van der Waals surface area (Å²) in [6.07, 6.45) is 0. The number of nitro benzene ring substituents is 1. The summed E-state index contributed by atoms with van der Waals surface area (Å²) in [6, 6.07) is 3.85. The van der Waals surface area contributed by atoms with E-state index in [1.165, 1.54) is 18.2 Å². The molecule has 1 N–H and O–H groups in total. The van der Waals surface area contributed by atoms with Gasteiger partial charge in [-0.2, -0.15) is 8.42 Å². The van der Waals surface area contributed by atoms with Crippen LogP contribution in [0.25, 0.3) is 0 Å². The van der Waals surface area contributed by atoms with Gasteiger partial charge in [0.25, 0.3) is 15.8 Å². The minimum absolute atomic E-state index is 0.0495. The van der Waals surface area contributed by atoms with Gasteiger partial charge in [0.05, 0.1) is 4.92 Å². The zero-order valence-electron chi connectivity index (χ0n) is 8.16. The van der Waals surface area contributed by atoms with Gasteiger partial charge >= 0.3 is 0 Å². The van der Waals surface area contributed by atoms with Crippen LogP contribution in [0.2, 0.25) is 5.02 Å². The third-order valence-electron chi connectivity index (χ3n) is 1.79. The molecule has 17 heavy (non-hydrogen) atoms. The van der Waals surface area contributed by atoms with Crippen LogP contribution in [0.3, 0.4) is 0 Å². The van der Waals surface area contributed by atoms with Crippen molar-refractivity contribution in [3.63, 3.8) is 0 Å². The van der Waals surface area contributed by atoms with Crippen molar-refractivity contribution in [1.29, 1.82) is 0 Å². The van der Waals surface area contributed by atoms with E-state index in [9.17, 15) is 18.5 Å². The molecule has 0 fully saturated rings. The summed E-state index contributed by atoms with van der Waals surface area (Å²) in [7, 11) is -4.29. The van der Waals surface area contributed by atoms with E-state index in [2.05, 4.69) is 0 Å². The highest BCUT2D eigenvalue weighted by molar-refractivity contribution is 7.89. The van der Waals surface area contributed by atoms with Crippen LogP contribution in [0.4, 0.5) is 5.69 Å². The maximum Gasteiger partial charge on any atom is 0.288 e. The third-order valence-corrected chi connectivity index (χ3v) is 3.39. The SMILES string of the molecule is O=[N+]([O-])c1cccc(C(=S)CS(=O)(=O)O)c1Cl. The van der Waals surface area contributed by atoms with Crippen molar-refractivity contribution < 1.29 is 17.9 Å². The first kappa shape index (κ1) is 14.0. The highest BCUT2D eigenvalue weighted by Crippen LogP contribution is 2.28. The van der Waals surface area contributed by atoms with Gasteiger partial charge < -0.3 is 0 Å². The topological polar surface area (TPSA) is 97.5 Å². The van der Waals surface area contributed by atoms with Crippen LogP contribution in [0.1, 0.15) is 5.56 Å². The van der Waals surface area contributed by atoms with Crippen LogP contribution in [0.15, 0.2) is 18.2 Å². The van der Waals surface area contributed by atoms with Gasteiger partial charge in [0.15, 0.2) is 0 Å². The Morgan fingerprint density at radius 1 is 1.53 bits per heavy atom. The zero-order valence-corrected chi connectivity index (χ0v) is 10.5. The van der Waals surface area contributed by atoms with Crippen LogP contribution < -0.4 is 0 Å². The lowest BCUT2D eigenvalue weighted by molar-refractivity contribution is -0.384. The first-order valence-electron chi connectivity index (χ1n) is 4.13. The molecule has 0 unspecified atom stereocenters. The summed E-state index contributed by atoms with van der Waals surface area (Å²) in [5.41, 5.74) is -0.324. The van der Waals surface area contributed by atoms with Gasteiger partial charge in [0, 0.05) is 16.5 Å². The lowest BCUT2D eigenvalue weighted by atomic mass is 10.1. The van der Waals surface area contributed by atoms with Crippen molar-refractivity contribution in [2.24, 2.45) is 0 Å². The molecule has 1 rings (SSSR count). The van der Waals surface area contributed by atoms with Gasteiger partial charge in [-0.1, -0.05) is 36.0 Å². The Bertz CT molecular complexity index is 584. The van der Waals surface area contributed by atoms with Crippen LogP contribution in [-0.4, -0.2) is 28.5 Å². The number of benzene rings is 1. The van der Waals surface area contributed by atoms with E-state index in [0.29, 0.717) is 0 Å². The van der Waals surface area contributed by atoms with Crippen LogP contribution in [0.5, 0.6) is 0 Å². The number of hydrogen-bond acceptors (Lipinski definition) is 5. The fourth-order valence-corrected chi connectivity index (χ4v) is 2.59. The van der Waals surface area contributed by atoms with Crippen molar-refractivity contribution in [1.82, 2.24) is 0 Å². The van der Waals surface area contributed by atoms with E-state index in [1.54, 1.807) is 0 Å². The van der Waals surface area contributed by atoms with Crippen molar-refractivity contribution in [2.45, 2.75) is 0 Å². The lowest BCUT2D eigenvalue weighted by Crippen LogP contribution is -2.14. The second kappa shape index (κ2) is 5.05. The molecule has 0 aliphatic rings. The quantitative estimate of drug-likeness (QED) is 0.299. The molecule has 1 aromatic carbocycles. The number of halogens is 1. The molecule has 0 radical (unpaired) electrons. The largest absolute Gasteiger partial charge is 0.288 e. The molecule has 0 aliphatic carbocycles. The molecular formula is C8H6ClNO5S2. The minimum atomic E-state index is -4.29. The molecule has 0 atom stereocenters. The molecule has 92 valence electrons. The number of thiocarbonyl (C=S) groups is 1. The second-order valence-corrected chi connectivity index (χ2v) is 5.37. The van der Waals surface area contributed by atoms with Crippen LogP contribution >= 0.6 is 23.8 Å². The molecule has 0 aliphatic heterocycles. The van der Waals surface area contributed by atoms with Gasteiger partial charge in [-0.15, -0.1) is 0 Å². The fraction of sp³-hybridized carbons (Fsp3) is 0.125. The van der Waals surface area contributed by atoms with E-state index in [1.807, 2.05) is 0 Å². The van der Waals surface area contributed by atoms with E-state index < -0.39 is 20.8 Å². The van der Waals surface area contributed by atoms with Gasteiger partial charge in [0.2, 0.25) is 0 Å². The standard InChI is InChI=1S/C8H6ClNO5S2/c9-8-5(7(16)4-17(13,14)15)2-1-3-6(8)10(11)12/h1-3H,4H2,(H,13,14,15). The van der Waals surface area contributed by atoms with Crippen LogP contribution in [-0.2, 0) is 10.1 Å². The molecule has 0 heterocycles. The summed E-state index contributed by atoms with van der Waals surface area (Å²) in [5, 5.41) is 10.3. The zero-order chi connectivity index (χ0) is 13.2. The highest BCUT2D eigenvalue weighted by Gasteiger charge is 2.20. The van der Waals surface area contributed by atoms with Crippen molar-refractivity contribution >= 4 is 44.5 Å². The first-order chi connectivity index (χ1) is 7.72. The second-order valence-electron chi connectivity index (χ2n) is 3.05. The molecule has 1 aromatic rings. The molecule has 0 amide bonds. The van der Waals surface area contributed by atoms with Crippen LogP contribution in [0, 0.1) is 10.1 Å². The number of nitro groups is 1. The van der Waals surface area contributed by atoms with E-state index in [-0.39, 0.29) is 21.1 Å².